The van der Waals surface area contributed by atoms with Crippen LogP contribution in [0.2, 0.25) is 0 Å². The van der Waals surface area contributed by atoms with Crippen molar-refractivity contribution in [1.82, 2.24) is 4.98 Å². The topological polar surface area (TPSA) is 54.0 Å². The maximum Gasteiger partial charge on any atom is 0.257 e. The number of anilines is 2. The third-order valence-corrected chi connectivity index (χ3v) is 3.20. The molecule has 0 spiro atoms. The van der Waals surface area contributed by atoms with Crippen LogP contribution in [0.3, 0.4) is 0 Å². The zero-order valence-electron chi connectivity index (χ0n) is 10.7. The molecule has 1 aromatic heterocycles. The Morgan fingerprint density at radius 1 is 1.35 bits per heavy atom. The number of carbonyl (C=O) groups is 1. The van der Waals surface area contributed by atoms with Gasteiger partial charge in [0.1, 0.15) is 17.3 Å². The number of hydrogen-bond donors (Lipinski definition) is 2. The number of carbonyl (C=O) groups excluding carboxylic acids is 1. The van der Waals surface area contributed by atoms with Crippen molar-refractivity contribution in [2.24, 2.45) is 0 Å². The molecule has 106 valence electrons. The summed E-state index contributed by atoms with van der Waals surface area (Å²) in [4.78, 5) is 15.7. The SMILES string of the molecule is CCCNc1c(F)cc(C(=O)Nc2nccs2)cc1F. The molecule has 4 nitrogen and oxygen atoms in total. The summed E-state index contributed by atoms with van der Waals surface area (Å²) >= 11 is 1.23. The number of aromatic nitrogens is 1. The van der Waals surface area contributed by atoms with E-state index in [4.69, 9.17) is 0 Å². The zero-order valence-corrected chi connectivity index (χ0v) is 11.6. The van der Waals surface area contributed by atoms with Crippen LogP contribution in [-0.4, -0.2) is 17.4 Å². The van der Waals surface area contributed by atoms with Crippen LogP contribution < -0.4 is 10.6 Å². The molecule has 0 unspecified atom stereocenters. The molecule has 20 heavy (non-hydrogen) atoms. The molecule has 0 aliphatic rings. The number of amides is 1. The first-order valence-corrected chi connectivity index (χ1v) is 6.93. The number of halogens is 2. The van der Waals surface area contributed by atoms with Gasteiger partial charge in [-0.1, -0.05) is 6.92 Å². The Balaban J connectivity index is 2.18. The Labute approximate surface area is 118 Å². The van der Waals surface area contributed by atoms with Gasteiger partial charge in [-0.05, 0) is 18.6 Å². The lowest BCUT2D eigenvalue weighted by atomic mass is 10.1. The first-order chi connectivity index (χ1) is 9.61. The predicted molar refractivity (Wildman–Crippen MR) is 75.2 cm³/mol. The third-order valence-electron chi connectivity index (χ3n) is 2.51. The molecule has 2 aromatic rings. The van der Waals surface area contributed by atoms with Crippen molar-refractivity contribution in [2.45, 2.75) is 13.3 Å². The minimum atomic E-state index is -0.789. The molecule has 7 heteroatoms. The van der Waals surface area contributed by atoms with Crippen molar-refractivity contribution >= 4 is 28.1 Å². The molecule has 1 heterocycles. The Hall–Kier alpha value is -2.02. The lowest BCUT2D eigenvalue weighted by Crippen LogP contribution is -2.13. The van der Waals surface area contributed by atoms with Crippen LogP contribution in [-0.2, 0) is 0 Å². The number of thiazole rings is 1. The van der Waals surface area contributed by atoms with E-state index in [0.29, 0.717) is 11.7 Å². The lowest BCUT2D eigenvalue weighted by Gasteiger charge is -2.09. The van der Waals surface area contributed by atoms with E-state index in [1.165, 1.54) is 17.5 Å². The van der Waals surface area contributed by atoms with Gasteiger partial charge in [-0.25, -0.2) is 13.8 Å². The fraction of sp³-hybridized carbons (Fsp3) is 0.231. The quantitative estimate of drug-likeness (QED) is 0.888. The molecule has 0 saturated heterocycles. The molecule has 0 saturated carbocycles. The van der Waals surface area contributed by atoms with Crippen LogP contribution in [0.15, 0.2) is 23.7 Å². The van der Waals surface area contributed by atoms with E-state index in [9.17, 15) is 13.6 Å². The Kier molecular flexibility index (Phi) is 4.62. The van der Waals surface area contributed by atoms with Crippen molar-refractivity contribution in [3.05, 3.63) is 40.9 Å². The normalized spacial score (nSPS) is 10.3. The number of hydrogen-bond acceptors (Lipinski definition) is 4. The molecule has 2 rings (SSSR count). The summed E-state index contributed by atoms with van der Waals surface area (Å²) in [6.07, 6.45) is 2.27. The summed E-state index contributed by atoms with van der Waals surface area (Å²) in [7, 11) is 0. The average molecular weight is 297 g/mol. The Morgan fingerprint density at radius 2 is 2.05 bits per heavy atom. The first-order valence-electron chi connectivity index (χ1n) is 6.05. The van der Waals surface area contributed by atoms with E-state index in [1.54, 1.807) is 5.38 Å². The zero-order chi connectivity index (χ0) is 14.5. The highest BCUT2D eigenvalue weighted by Crippen LogP contribution is 2.22. The van der Waals surface area contributed by atoms with Gasteiger partial charge in [-0.2, -0.15) is 0 Å². The van der Waals surface area contributed by atoms with Gasteiger partial charge < -0.3 is 5.32 Å². The van der Waals surface area contributed by atoms with Crippen molar-refractivity contribution in [3.8, 4) is 0 Å². The second-order valence-corrected chi connectivity index (χ2v) is 4.93. The third kappa shape index (κ3) is 3.30. The van der Waals surface area contributed by atoms with Crippen molar-refractivity contribution in [3.63, 3.8) is 0 Å². The van der Waals surface area contributed by atoms with Crippen LogP contribution in [0, 0.1) is 11.6 Å². The van der Waals surface area contributed by atoms with Crippen LogP contribution in [0.4, 0.5) is 19.6 Å². The second-order valence-electron chi connectivity index (χ2n) is 4.03. The van der Waals surface area contributed by atoms with Gasteiger partial charge in [0, 0.05) is 23.7 Å². The molecule has 0 fully saturated rings. The molecule has 0 atom stereocenters. The molecule has 0 aliphatic carbocycles. The summed E-state index contributed by atoms with van der Waals surface area (Å²) in [6.45, 7) is 2.34. The smallest absolute Gasteiger partial charge is 0.257 e. The van der Waals surface area contributed by atoms with Gasteiger partial charge in [-0.15, -0.1) is 11.3 Å². The standard InChI is InChI=1S/C13H13F2N3OS/c1-2-3-16-11-9(14)6-8(7-10(11)15)12(19)18-13-17-4-5-20-13/h4-7,16H,2-3H2,1H3,(H,17,18,19). The monoisotopic (exact) mass is 297 g/mol. The minimum Gasteiger partial charge on any atom is -0.380 e. The summed E-state index contributed by atoms with van der Waals surface area (Å²) in [5.74, 6) is -2.18. The van der Waals surface area contributed by atoms with Gasteiger partial charge in [0.05, 0.1) is 0 Å². The summed E-state index contributed by atoms with van der Waals surface area (Å²) in [5.41, 5.74) is -0.296. The molecular weight excluding hydrogens is 284 g/mol. The summed E-state index contributed by atoms with van der Waals surface area (Å²) in [6, 6.07) is 2.01. The van der Waals surface area contributed by atoms with E-state index in [2.05, 4.69) is 15.6 Å². The van der Waals surface area contributed by atoms with Gasteiger partial charge in [0.15, 0.2) is 5.13 Å². The molecular formula is C13H13F2N3OS. The molecule has 2 N–H and O–H groups in total. The molecule has 0 aliphatic heterocycles. The highest BCUT2D eigenvalue weighted by molar-refractivity contribution is 7.13. The molecule has 0 radical (unpaired) electrons. The van der Waals surface area contributed by atoms with E-state index in [1.807, 2.05) is 6.92 Å². The molecule has 1 amide bonds. The number of rotatable bonds is 5. The maximum atomic E-state index is 13.8. The van der Waals surface area contributed by atoms with E-state index in [0.717, 1.165) is 18.6 Å². The highest BCUT2D eigenvalue weighted by atomic mass is 32.1. The van der Waals surface area contributed by atoms with E-state index >= 15 is 0 Å². The minimum absolute atomic E-state index is 0.0859. The fourth-order valence-corrected chi connectivity index (χ4v) is 2.10. The first kappa shape index (κ1) is 14.4. The van der Waals surface area contributed by atoms with Crippen LogP contribution >= 0.6 is 11.3 Å². The maximum absolute atomic E-state index is 13.8. The van der Waals surface area contributed by atoms with E-state index < -0.39 is 17.5 Å². The van der Waals surface area contributed by atoms with Gasteiger partial charge >= 0.3 is 0 Å². The number of benzene rings is 1. The van der Waals surface area contributed by atoms with Crippen LogP contribution in [0.1, 0.15) is 23.7 Å². The summed E-state index contributed by atoms with van der Waals surface area (Å²) < 4.78 is 27.6. The predicted octanol–water partition coefficient (Wildman–Crippen LogP) is 3.50. The molecule has 1 aromatic carbocycles. The highest BCUT2D eigenvalue weighted by Gasteiger charge is 2.15. The van der Waals surface area contributed by atoms with E-state index in [-0.39, 0.29) is 11.3 Å². The molecule has 0 bridgehead atoms. The Bertz CT molecular complexity index is 579. The number of nitrogens with zero attached hydrogens (tertiary/aromatic N) is 1. The van der Waals surface area contributed by atoms with Gasteiger partial charge in [-0.3, -0.25) is 10.1 Å². The lowest BCUT2D eigenvalue weighted by molar-refractivity contribution is 0.102. The van der Waals surface area contributed by atoms with Gasteiger partial charge in [0.25, 0.3) is 5.91 Å². The fourth-order valence-electron chi connectivity index (χ4n) is 1.58. The average Bonchev–Trinajstić information content (AvgIpc) is 2.90. The van der Waals surface area contributed by atoms with Crippen molar-refractivity contribution in [1.29, 1.82) is 0 Å². The van der Waals surface area contributed by atoms with Crippen LogP contribution in [0.5, 0.6) is 0 Å². The largest absolute Gasteiger partial charge is 0.380 e. The van der Waals surface area contributed by atoms with Crippen molar-refractivity contribution in [2.75, 3.05) is 17.2 Å². The van der Waals surface area contributed by atoms with Gasteiger partial charge in [0.2, 0.25) is 0 Å². The van der Waals surface area contributed by atoms with Crippen LogP contribution in [0.25, 0.3) is 0 Å². The second kappa shape index (κ2) is 6.42. The van der Waals surface area contributed by atoms with Crippen molar-refractivity contribution < 1.29 is 13.6 Å². The number of nitrogens with one attached hydrogen (secondary N) is 2. The summed E-state index contributed by atoms with van der Waals surface area (Å²) in [5, 5.41) is 7.19. The Morgan fingerprint density at radius 3 is 2.60 bits per heavy atom.